The van der Waals surface area contributed by atoms with Gasteiger partial charge in [0, 0.05) is 24.5 Å². The van der Waals surface area contributed by atoms with E-state index in [0.717, 1.165) is 30.0 Å². The maximum Gasteiger partial charge on any atom is 0.251 e. The lowest BCUT2D eigenvalue weighted by molar-refractivity contribution is 0.0999. The molecule has 1 aliphatic heterocycles. The van der Waals surface area contributed by atoms with E-state index >= 15 is 0 Å². The van der Waals surface area contributed by atoms with Crippen molar-refractivity contribution in [1.82, 2.24) is 4.90 Å². The quantitative estimate of drug-likeness (QED) is 0.682. The fourth-order valence-corrected chi connectivity index (χ4v) is 3.25. The molecule has 1 amide bonds. The minimum Gasteiger partial charge on any atom is -0.395 e. The number of nitrogen functional groups attached to an aromatic ring is 1. The van der Waals surface area contributed by atoms with Crippen molar-refractivity contribution in [2.75, 3.05) is 25.4 Å². The molecule has 1 aromatic rings. The summed E-state index contributed by atoms with van der Waals surface area (Å²) in [6.45, 7) is 2.39. The van der Waals surface area contributed by atoms with Crippen LogP contribution >= 0.6 is 11.3 Å². The van der Waals surface area contributed by atoms with Gasteiger partial charge in [0.25, 0.3) is 5.91 Å². The monoisotopic (exact) mass is 241 g/mol. The Hall–Kier alpha value is -1.11. The van der Waals surface area contributed by atoms with Gasteiger partial charge in [-0.3, -0.25) is 9.69 Å². The lowest BCUT2D eigenvalue weighted by Gasteiger charge is -2.25. The molecule has 0 atom stereocenters. The first kappa shape index (κ1) is 11.4. The third-order valence-electron chi connectivity index (χ3n) is 2.83. The summed E-state index contributed by atoms with van der Waals surface area (Å²) in [5.41, 5.74) is 12.6. The summed E-state index contributed by atoms with van der Waals surface area (Å²) >= 11 is 1.43. The molecule has 0 spiro atoms. The number of carbonyl (C=O) groups is 1. The van der Waals surface area contributed by atoms with E-state index in [4.69, 9.17) is 16.6 Å². The second-order valence-corrected chi connectivity index (χ2v) is 4.99. The molecule has 5 N–H and O–H groups in total. The van der Waals surface area contributed by atoms with Gasteiger partial charge < -0.3 is 16.6 Å². The number of rotatable bonds is 3. The molecule has 1 aromatic heterocycles. The van der Waals surface area contributed by atoms with Gasteiger partial charge in [-0.15, -0.1) is 11.3 Å². The number of primary amides is 1. The molecule has 2 heterocycles. The zero-order chi connectivity index (χ0) is 11.7. The average Bonchev–Trinajstić information content (AvgIpc) is 2.53. The van der Waals surface area contributed by atoms with Gasteiger partial charge in [0.15, 0.2) is 0 Å². The number of nitrogens with zero attached hydrogens (tertiary/aromatic N) is 1. The fourth-order valence-electron chi connectivity index (χ4n) is 2.08. The summed E-state index contributed by atoms with van der Waals surface area (Å²) in [7, 11) is 0. The number of aliphatic hydroxyl groups excluding tert-OH is 1. The molecule has 0 aromatic carbocycles. The third kappa shape index (κ3) is 1.91. The normalized spacial score (nSPS) is 16.1. The summed E-state index contributed by atoms with van der Waals surface area (Å²) < 4.78 is 0. The number of amides is 1. The van der Waals surface area contributed by atoms with Crippen LogP contribution in [0.2, 0.25) is 0 Å². The van der Waals surface area contributed by atoms with Gasteiger partial charge in [0.05, 0.1) is 17.2 Å². The Bertz CT molecular complexity index is 416. The zero-order valence-corrected chi connectivity index (χ0v) is 9.72. The second-order valence-electron chi connectivity index (χ2n) is 3.86. The van der Waals surface area contributed by atoms with Gasteiger partial charge in [-0.25, -0.2) is 0 Å². The SMILES string of the molecule is NC(=O)c1c(N)sc2c1CCN(CCO)C2. The van der Waals surface area contributed by atoms with Crippen LogP contribution in [0.3, 0.4) is 0 Å². The molecule has 0 unspecified atom stereocenters. The van der Waals surface area contributed by atoms with Crippen LogP contribution in [0.1, 0.15) is 20.8 Å². The number of anilines is 1. The second kappa shape index (κ2) is 4.40. The average molecular weight is 241 g/mol. The molecule has 6 heteroatoms. The molecule has 0 saturated carbocycles. The van der Waals surface area contributed by atoms with E-state index in [1.54, 1.807) is 0 Å². The van der Waals surface area contributed by atoms with E-state index in [1.807, 2.05) is 0 Å². The number of aliphatic hydroxyl groups is 1. The van der Waals surface area contributed by atoms with Crippen LogP contribution < -0.4 is 11.5 Å². The minimum atomic E-state index is -0.439. The van der Waals surface area contributed by atoms with Crippen LogP contribution in [-0.2, 0) is 13.0 Å². The Labute approximate surface area is 97.7 Å². The van der Waals surface area contributed by atoms with Gasteiger partial charge >= 0.3 is 0 Å². The first-order valence-electron chi connectivity index (χ1n) is 5.16. The number of fused-ring (bicyclic) bond motifs is 1. The minimum absolute atomic E-state index is 0.152. The summed E-state index contributed by atoms with van der Waals surface area (Å²) in [6, 6.07) is 0. The van der Waals surface area contributed by atoms with Crippen LogP contribution in [-0.4, -0.2) is 35.6 Å². The van der Waals surface area contributed by atoms with Crippen LogP contribution in [0, 0.1) is 0 Å². The van der Waals surface area contributed by atoms with Crippen molar-refractivity contribution < 1.29 is 9.90 Å². The predicted molar refractivity (Wildman–Crippen MR) is 63.3 cm³/mol. The molecule has 16 heavy (non-hydrogen) atoms. The zero-order valence-electron chi connectivity index (χ0n) is 8.90. The molecule has 0 fully saturated rings. The van der Waals surface area contributed by atoms with E-state index < -0.39 is 5.91 Å². The molecule has 1 aliphatic rings. The molecular formula is C10H15N3O2S. The van der Waals surface area contributed by atoms with E-state index in [9.17, 15) is 4.79 Å². The molecule has 88 valence electrons. The van der Waals surface area contributed by atoms with E-state index in [1.165, 1.54) is 11.3 Å². The fraction of sp³-hybridized carbons (Fsp3) is 0.500. The topological polar surface area (TPSA) is 92.6 Å². The summed E-state index contributed by atoms with van der Waals surface area (Å²) in [5.74, 6) is -0.439. The van der Waals surface area contributed by atoms with Crippen LogP contribution in [0.25, 0.3) is 0 Å². The van der Waals surface area contributed by atoms with Gasteiger partial charge in [-0.1, -0.05) is 0 Å². The maximum atomic E-state index is 11.3. The number of thiophene rings is 1. The van der Waals surface area contributed by atoms with Crippen molar-refractivity contribution in [3.63, 3.8) is 0 Å². The van der Waals surface area contributed by atoms with Crippen molar-refractivity contribution in [3.8, 4) is 0 Å². The van der Waals surface area contributed by atoms with E-state index in [-0.39, 0.29) is 6.61 Å². The van der Waals surface area contributed by atoms with Crippen molar-refractivity contribution in [1.29, 1.82) is 0 Å². The van der Waals surface area contributed by atoms with Gasteiger partial charge in [0.2, 0.25) is 0 Å². The van der Waals surface area contributed by atoms with Crippen LogP contribution in [0.15, 0.2) is 0 Å². The number of hydrogen-bond acceptors (Lipinski definition) is 5. The highest BCUT2D eigenvalue weighted by molar-refractivity contribution is 7.16. The maximum absolute atomic E-state index is 11.3. The van der Waals surface area contributed by atoms with E-state index in [0.29, 0.717) is 17.1 Å². The first-order valence-corrected chi connectivity index (χ1v) is 5.98. The molecule has 0 bridgehead atoms. The lowest BCUT2D eigenvalue weighted by atomic mass is 10.0. The molecule has 0 saturated heterocycles. The van der Waals surface area contributed by atoms with Crippen molar-refractivity contribution >= 4 is 22.2 Å². The summed E-state index contributed by atoms with van der Waals surface area (Å²) in [5, 5.41) is 9.39. The lowest BCUT2D eigenvalue weighted by Crippen LogP contribution is -2.32. The van der Waals surface area contributed by atoms with Crippen molar-refractivity contribution in [3.05, 3.63) is 16.0 Å². The van der Waals surface area contributed by atoms with Crippen molar-refractivity contribution in [2.45, 2.75) is 13.0 Å². The molecule has 0 radical (unpaired) electrons. The highest BCUT2D eigenvalue weighted by Gasteiger charge is 2.25. The first-order chi connectivity index (χ1) is 7.63. The molecule has 5 nitrogen and oxygen atoms in total. The Morgan fingerprint density at radius 2 is 2.31 bits per heavy atom. The third-order valence-corrected chi connectivity index (χ3v) is 3.87. The Morgan fingerprint density at radius 1 is 1.56 bits per heavy atom. The number of β-amino-alcohol motifs (C(OH)–C–C–N with tert-alkyl or cyclic N) is 1. The summed E-state index contributed by atoms with van der Waals surface area (Å²) in [4.78, 5) is 14.5. The van der Waals surface area contributed by atoms with E-state index in [2.05, 4.69) is 4.90 Å². The highest BCUT2D eigenvalue weighted by atomic mass is 32.1. The summed E-state index contributed by atoms with van der Waals surface area (Å²) in [6.07, 6.45) is 0.779. The highest BCUT2D eigenvalue weighted by Crippen LogP contribution is 2.34. The molecule has 0 aliphatic carbocycles. The van der Waals surface area contributed by atoms with Crippen LogP contribution in [0.4, 0.5) is 5.00 Å². The number of carbonyl (C=O) groups excluding carboxylic acids is 1. The molecule has 2 rings (SSSR count). The predicted octanol–water partition coefficient (Wildman–Crippen LogP) is -0.220. The number of nitrogens with two attached hydrogens (primary N) is 2. The Morgan fingerprint density at radius 3 is 2.94 bits per heavy atom. The van der Waals surface area contributed by atoms with Crippen molar-refractivity contribution in [2.24, 2.45) is 5.73 Å². The smallest absolute Gasteiger partial charge is 0.251 e. The van der Waals surface area contributed by atoms with Gasteiger partial charge in [-0.2, -0.15) is 0 Å². The standard InChI is InChI=1S/C10H15N3O2S/c11-9(15)8-6-1-2-13(3-4-14)5-7(6)16-10(8)12/h14H,1-5,12H2,(H2,11,15). The van der Waals surface area contributed by atoms with Gasteiger partial charge in [0.1, 0.15) is 0 Å². The van der Waals surface area contributed by atoms with Crippen LogP contribution in [0.5, 0.6) is 0 Å². The largest absolute Gasteiger partial charge is 0.395 e. The van der Waals surface area contributed by atoms with Gasteiger partial charge in [-0.05, 0) is 12.0 Å². The molecular weight excluding hydrogens is 226 g/mol. The Balaban J connectivity index is 2.28. The Kier molecular flexibility index (Phi) is 3.13. The number of hydrogen-bond donors (Lipinski definition) is 3.